The molecule has 1 aliphatic rings. The highest BCUT2D eigenvalue weighted by Gasteiger charge is 2.39. The van der Waals surface area contributed by atoms with Crippen molar-refractivity contribution in [2.45, 2.75) is 204 Å². The topological polar surface area (TPSA) is 465 Å². The zero-order chi connectivity index (χ0) is 75.0. The first-order valence-electron chi connectivity index (χ1n) is 34.7. The fourth-order valence-electron chi connectivity index (χ4n) is 11.3. The van der Waals surface area contributed by atoms with Crippen LogP contribution >= 0.6 is 11.8 Å². The zero-order valence-electron chi connectivity index (χ0n) is 59.6. The third-order valence-corrected chi connectivity index (χ3v) is 18.6. The second-order valence-corrected chi connectivity index (χ2v) is 27.6. The zero-order valence-corrected chi connectivity index (χ0v) is 60.4. The number of benzene rings is 3. The number of hydrogen-bond donors (Lipinski definition) is 15. The third-order valence-electron chi connectivity index (χ3n) is 17.5. The molecule has 18 N–H and O–H groups in total. The first kappa shape index (κ1) is 84.1. The fraction of sp³-hybridized carbons (Fsp3) is 0.563. The molecule has 0 saturated heterocycles. The lowest BCUT2D eigenvalue weighted by atomic mass is 9.96. The maximum Gasteiger partial charge on any atom is 0.407 e. The van der Waals surface area contributed by atoms with E-state index < -0.39 is 156 Å². The number of guanidine groups is 1. The summed E-state index contributed by atoms with van der Waals surface area (Å²) in [5.41, 5.74) is 21.2. The molecule has 30 heteroatoms. The van der Waals surface area contributed by atoms with E-state index in [4.69, 9.17) is 21.9 Å². The Kier molecular flexibility index (Phi) is 35.6. The highest BCUT2D eigenvalue weighted by atomic mass is 32.2. The number of unbranched alkanes of at least 4 members (excludes halogenated alkanes) is 1. The van der Waals surface area contributed by atoms with E-state index in [1.165, 1.54) is 0 Å². The Balaban J connectivity index is 1.58. The van der Waals surface area contributed by atoms with Crippen LogP contribution in [0.3, 0.4) is 0 Å². The molecule has 0 radical (unpaired) electrons. The van der Waals surface area contributed by atoms with Crippen LogP contribution in [-0.4, -0.2) is 167 Å². The molecule has 12 atom stereocenters. The number of rotatable bonds is 44. The second kappa shape index (κ2) is 42.7. The van der Waals surface area contributed by atoms with Crippen LogP contribution in [0, 0.1) is 29.6 Å². The van der Waals surface area contributed by atoms with Gasteiger partial charge in [0.1, 0.15) is 54.9 Å². The highest BCUT2D eigenvalue weighted by molar-refractivity contribution is 8.00. The standard InChI is InChI=1S/C71H106N14O15S/c1-11-41(8)57(83-62(91)50(30-21-22-32-72)77-61(90)51(31-23-33-75-70(73)74)78-66(95)58(42(9)12-2)84-71(99)100-38-49-47-28-19-17-26-45(47)46-27-18-20-29-48(46)49)65(94)80-53(35-40(6)7)64(93)85-68(101-44-24-15-14-16-25-44)67(96)81-52(34-39(4)5)63(92)79-54(36-56(87)88)60(89)76-37-55(86)82-59(69(97)98)43(10)13-3/h14-20,24-29,39-43,49-54,57-59,68H,11-13,21-23,30-38,72H2,1-10H3,(H,76,89)(H,77,90)(H,78,95)(H,79,92)(H,80,94)(H,81,96)(H,82,86)(H,83,91)(H,84,99)(H,85,93)(H,87,88)(H,97,98)(H4,73,74,75)/t41-,42-,43-,50-,51-,52-,53-,54-,57-,58-,59-,68-/m0/s1. The molecule has 4 rings (SSSR count). The Bertz CT molecular complexity index is 3270. The predicted octanol–water partition coefficient (Wildman–Crippen LogP) is 3.61. The number of thioether (sulfide) groups is 1. The smallest absolute Gasteiger partial charge is 0.407 e. The van der Waals surface area contributed by atoms with Crippen molar-refractivity contribution in [3.05, 3.63) is 90.0 Å². The lowest BCUT2D eigenvalue weighted by Gasteiger charge is -2.30. The van der Waals surface area contributed by atoms with Gasteiger partial charge in [0.15, 0.2) is 11.3 Å². The van der Waals surface area contributed by atoms with Crippen LogP contribution in [0.1, 0.15) is 157 Å². The maximum absolute atomic E-state index is 14.8. The molecule has 0 aromatic heterocycles. The number of fused-ring (bicyclic) bond motifs is 3. The number of nitrogens with one attached hydrogen (secondary N) is 10. The first-order chi connectivity index (χ1) is 47.9. The molecule has 0 aliphatic heterocycles. The molecule has 3 aromatic rings. The molecule has 0 fully saturated rings. The van der Waals surface area contributed by atoms with Crippen LogP contribution in [0.5, 0.6) is 0 Å². The number of amides is 10. The van der Waals surface area contributed by atoms with Crippen molar-refractivity contribution in [2.24, 2.45) is 51.8 Å². The number of hydrogen-bond acceptors (Lipinski definition) is 16. The predicted molar refractivity (Wildman–Crippen MR) is 383 cm³/mol. The van der Waals surface area contributed by atoms with Crippen molar-refractivity contribution >= 4 is 88.9 Å². The van der Waals surface area contributed by atoms with Gasteiger partial charge in [-0.2, -0.15) is 0 Å². The van der Waals surface area contributed by atoms with Gasteiger partial charge in [0.2, 0.25) is 47.3 Å². The van der Waals surface area contributed by atoms with Gasteiger partial charge in [-0.15, -0.1) is 0 Å². The van der Waals surface area contributed by atoms with Crippen molar-refractivity contribution in [1.29, 1.82) is 0 Å². The van der Waals surface area contributed by atoms with E-state index in [9.17, 15) is 67.7 Å². The van der Waals surface area contributed by atoms with Crippen LogP contribution in [0.15, 0.2) is 88.8 Å². The molecule has 10 amide bonds. The number of nitrogens with zero attached hydrogens (tertiary/aromatic N) is 1. The summed E-state index contributed by atoms with van der Waals surface area (Å²) in [5.74, 6) is -13.1. The summed E-state index contributed by atoms with van der Waals surface area (Å²) in [6, 6.07) is 13.2. The average molecular weight is 1430 g/mol. The van der Waals surface area contributed by atoms with Gasteiger partial charge in [0.05, 0.1) is 13.0 Å². The van der Waals surface area contributed by atoms with E-state index in [0.29, 0.717) is 37.0 Å². The van der Waals surface area contributed by atoms with Crippen molar-refractivity contribution in [3.63, 3.8) is 0 Å². The number of carbonyl (C=O) groups is 12. The van der Waals surface area contributed by atoms with E-state index >= 15 is 0 Å². The van der Waals surface area contributed by atoms with Crippen LogP contribution in [-0.2, 0) is 57.5 Å². The normalized spacial score (nSPS) is 15.2. The van der Waals surface area contributed by atoms with Crippen LogP contribution in [0.2, 0.25) is 0 Å². The molecule has 1 aliphatic carbocycles. The van der Waals surface area contributed by atoms with Crippen LogP contribution in [0.25, 0.3) is 11.1 Å². The van der Waals surface area contributed by atoms with Gasteiger partial charge in [-0.1, -0.05) is 167 Å². The molecule has 0 saturated carbocycles. The van der Waals surface area contributed by atoms with Gasteiger partial charge in [-0.25, -0.2) is 9.59 Å². The highest BCUT2D eigenvalue weighted by Crippen LogP contribution is 2.44. The summed E-state index contributed by atoms with van der Waals surface area (Å²) < 4.78 is 5.82. The molecule has 0 spiro atoms. The third kappa shape index (κ3) is 27.6. The largest absolute Gasteiger partial charge is 0.481 e. The molecule has 3 aromatic carbocycles. The lowest BCUT2D eigenvalue weighted by Crippen LogP contribution is -2.61. The van der Waals surface area contributed by atoms with Crippen molar-refractivity contribution in [1.82, 2.24) is 53.2 Å². The van der Waals surface area contributed by atoms with Gasteiger partial charge in [0.25, 0.3) is 5.91 Å². The summed E-state index contributed by atoms with van der Waals surface area (Å²) in [7, 11) is 0. The van der Waals surface area contributed by atoms with E-state index in [1.807, 2.05) is 55.5 Å². The number of ether oxygens (including phenoxy) is 1. The molecule has 0 heterocycles. The van der Waals surface area contributed by atoms with E-state index in [1.54, 1.807) is 92.6 Å². The summed E-state index contributed by atoms with van der Waals surface area (Å²) in [6.45, 7) is 17.0. The van der Waals surface area contributed by atoms with Crippen LogP contribution < -0.4 is 70.4 Å². The van der Waals surface area contributed by atoms with E-state index in [0.717, 1.165) is 34.0 Å². The second-order valence-electron chi connectivity index (χ2n) is 26.4. The number of aliphatic carboxylic acids is 2. The van der Waals surface area contributed by atoms with Crippen molar-refractivity contribution < 1.29 is 72.5 Å². The number of nitrogens with two attached hydrogens (primary N) is 3. The monoisotopic (exact) mass is 1430 g/mol. The fourth-order valence-corrected chi connectivity index (χ4v) is 12.2. The number of alkyl carbamates (subject to hydrolysis) is 1. The van der Waals surface area contributed by atoms with Gasteiger partial charge in [-0.05, 0) is 115 Å². The molecule has 101 heavy (non-hydrogen) atoms. The van der Waals surface area contributed by atoms with Crippen molar-refractivity contribution in [3.8, 4) is 11.1 Å². The van der Waals surface area contributed by atoms with Gasteiger partial charge >= 0.3 is 18.0 Å². The molecule has 0 bridgehead atoms. The Labute approximate surface area is 595 Å². The summed E-state index contributed by atoms with van der Waals surface area (Å²) in [5, 5.41) is 44.2. The Morgan fingerprint density at radius 2 is 0.960 bits per heavy atom. The van der Waals surface area contributed by atoms with E-state index in [2.05, 4.69) is 58.2 Å². The minimum Gasteiger partial charge on any atom is -0.481 e. The first-order valence-corrected chi connectivity index (χ1v) is 35.5. The SMILES string of the molecule is CC[C@H](C)[C@H](NC(=O)CNC(=O)[C@H](CC(=O)O)NC(=O)[C@H](CC(C)C)NC(=O)[C@@H](NC(=O)[C@H](CC(C)C)NC(=O)[C@@H](NC(=O)[C@H](CCCCN)NC(=O)[C@H](CCCN=C(N)N)NC(=O)[C@@H](NC(=O)OCC1c2ccccc2-c2ccccc21)[C@@H](C)CC)[C@@H](C)CC)Sc1ccccc1)C(=O)O. The van der Waals surface area contributed by atoms with Gasteiger partial charge in [0, 0.05) is 17.4 Å². The average Bonchev–Trinajstić information content (AvgIpc) is 1.62. The molecule has 29 nitrogen and oxygen atoms in total. The maximum atomic E-state index is 14.8. The molecular formula is C71H106N14O15S. The molecular weight excluding hydrogens is 1320 g/mol. The summed E-state index contributed by atoms with van der Waals surface area (Å²) >= 11 is 0.892. The summed E-state index contributed by atoms with van der Waals surface area (Å²) in [4.78, 5) is 170. The van der Waals surface area contributed by atoms with E-state index in [-0.39, 0.29) is 75.5 Å². The molecule has 556 valence electrons. The number of carbonyl (C=O) groups excluding carboxylic acids is 10. The Morgan fingerprint density at radius 3 is 1.48 bits per heavy atom. The molecule has 0 unspecified atom stereocenters. The van der Waals surface area contributed by atoms with Crippen LogP contribution in [0.4, 0.5) is 4.79 Å². The minimum atomic E-state index is -1.78. The van der Waals surface area contributed by atoms with Crippen molar-refractivity contribution in [2.75, 3.05) is 26.2 Å². The van der Waals surface area contributed by atoms with Gasteiger partial charge in [-0.3, -0.25) is 52.9 Å². The number of carboxylic acids is 2. The Morgan fingerprint density at radius 1 is 0.505 bits per heavy atom. The number of carboxylic acid groups (broad SMARTS) is 2. The lowest BCUT2D eigenvalue weighted by molar-refractivity contribution is -0.143. The minimum absolute atomic E-state index is 0.0152. The van der Waals surface area contributed by atoms with Gasteiger partial charge < -0.3 is 85.3 Å². The quantitative estimate of drug-likeness (QED) is 0.0126. The summed E-state index contributed by atoms with van der Waals surface area (Å²) in [6.07, 6.45) is 0.308. The number of aliphatic imine (C=N–C) groups is 1. The Hall–Kier alpha value is -9.32.